The highest BCUT2D eigenvalue weighted by Gasteiger charge is 1.80. The Hall–Kier alpha value is -0.830. The van der Waals surface area contributed by atoms with Gasteiger partial charge in [0, 0.05) is 13.2 Å². The number of hydrogen-bond acceptors (Lipinski definition) is 2. The van der Waals surface area contributed by atoms with Gasteiger partial charge >= 0.3 is 0 Å². The van der Waals surface area contributed by atoms with E-state index in [1.54, 1.807) is 4.68 Å². The Labute approximate surface area is 59.1 Å². The average Bonchev–Trinajstić information content (AvgIpc) is 1.89. The Morgan fingerprint density at radius 2 is 2.33 bits per heavy atom. The molecule has 0 unspecified atom stereocenters. The van der Waals surface area contributed by atoms with E-state index in [0.717, 1.165) is 4.64 Å². The Kier molecular flexibility index (Phi) is 1.85. The summed E-state index contributed by atoms with van der Waals surface area (Å²) in [5, 5.41) is 0. The fourth-order valence-electron chi connectivity index (χ4n) is 0.612. The van der Waals surface area contributed by atoms with Gasteiger partial charge in [-0.15, -0.1) is 0 Å². The van der Waals surface area contributed by atoms with E-state index in [2.05, 4.69) is 5.43 Å². The molecule has 1 aromatic heterocycles. The SMILES string of the molecule is CNn1ccccc1=S. The summed E-state index contributed by atoms with van der Waals surface area (Å²) in [6.07, 6.45) is 1.88. The molecule has 48 valence electrons. The van der Waals surface area contributed by atoms with Crippen molar-refractivity contribution in [2.75, 3.05) is 12.5 Å². The van der Waals surface area contributed by atoms with Gasteiger partial charge in [0.1, 0.15) is 4.64 Å². The van der Waals surface area contributed by atoms with Crippen LogP contribution < -0.4 is 5.43 Å². The van der Waals surface area contributed by atoms with Gasteiger partial charge in [-0.1, -0.05) is 18.3 Å². The molecule has 1 aromatic rings. The van der Waals surface area contributed by atoms with E-state index in [1.807, 2.05) is 31.4 Å². The zero-order valence-electron chi connectivity index (χ0n) is 5.16. The molecule has 1 rings (SSSR count). The average molecular weight is 140 g/mol. The van der Waals surface area contributed by atoms with Crippen molar-refractivity contribution in [3.8, 4) is 0 Å². The fourth-order valence-corrected chi connectivity index (χ4v) is 0.843. The van der Waals surface area contributed by atoms with Crippen LogP contribution in [0, 0.1) is 4.64 Å². The van der Waals surface area contributed by atoms with Crippen LogP contribution in [-0.4, -0.2) is 11.7 Å². The third kappa shape index (κ3) is 1.29. The zero-order chi connectivity index (χ0) is 6.69. The summed E-state index contributed by atoms with van der Waals surface area (Å²) in [4.78, 5) is 0. The highest BCUT2D eigenvalue weighted by molar-refractivity contribution is 7.71. The molecule has 0 aliphatic rings. The van der Waals surface area contributed by atoms with Crippen LogP contribution in [0.2, 0.25) is 0 Å². The van der Waals surface area contributed by atoms with E-state index in [4.69, 9.17) is 12.2 Å². The van der Waals surface area contributed by atoms with E-state index < -0.39 is 0 Å². The maximum Gasteiger partial charge on any atom is 0.125 e. The van der Waals surface area contributed by atoms with E-state index >= 15 is 0 Å². The molecular formula is C6H8N2S. The molecule has 0 aliphatic carbocycles. The minimum atomic E-state index is 0.792. The normalized spacial score (nSPS) is 9.00. The van der Waals surface area contributed by atoms with Crippen molar-refractivity contribution in [2.45, 2.75) is 0 Å². The molecule has 0 fully saturated rings. The maximum atomic E-state index is 4.95. The lowest BCUT2D eigenvalue weighted by atomic mass is 10.5. The maximum absolute atomic E-state index is 4.95. The Balaban J connectivity index is 3.16. The first-order valence-corrected chi connectivity index (χ1v) is 3.11. The number of pyridine rings is 1. The Bertz CT molecular complexity index is 241. The molecule has 0 atom stereocenters. The van der Waals surface area contributed by atoms with Crippen molar-refractivity contribution in [3.63, 3.8) is 0 Å². The van der Waals surface area contributed by atoms with Crippen LogP contribution in [0.5, 0.6) is 0 Å². The van der Waals surface area contributed by atoms with Crippen LogP contribution in [0.25, 0.3) is 0 Å². The number of aromatic nitrogens is 1. The number of rotatable bonds is 1. The van der Waals surface area contributed by atoms with Gasteiger partial charge < -0.3 is 5.43 Å². The minimum Gasteiger partial charge on any atom is -0.328 e. The minimum absolute atomic E-state index is 0.792. The number of nitrogens with zero attached hydrogens (tertiary/aromatic N) is 1. The highest BCUT2D eigenvalue weighted by atomic mass is 32.1. The van der Waals surface area contributed by atoms with E-state index in [9.17, 15) is 0 Å². The van der Waals surface area contributed by atoms with Crippen LogP contribution in [0.3, 0.4) is 0 Å². The van der Waals surface area contributed by atoms with E-state index in [0.29, 0.717) is 0 Å². The first-order chi connectivity index (χ1) is 4.34. The Morgan fingerprint density at radius 1 is 1.56 bits per heavy atom. The third-order valence-electron chi connectivity index (χ3n) is 1.06. The van der Waals surface area contributed by atoms with Gasteiger partial charge in [0.05, 0.1) is 0 Å². The van der Waals surface area contributed by atoms with Crippen molar-refractivity contribution in [3.05, 3.63) is 29.0 Å². The lowest BCUT2D eigenvalue weighted by Crippen LogP contribution is -2.08. The predicted octanol–water partition coefficient (Wildman–Crippen LogP) is 1.39. The first kappa shape index (κ1) is 6.29. The molecule has 0 aliphatic heterocycles. The molecule has 0 aromatic carbocycles. The topological polar surface area (TPSA) is 17.0 Å². The number of hydrogen-bond donors (Lipinski definition) is 1. The largest absolute Gasteiger partial charge is 0.328 e. The summed E-state index contributed by atoms with van der Waals surface area (Å²) in [6.45, 7) is 0. The van der Waals surface area contributed by atoms with Crippen molar-refractivity contribution >= 4 is 12.2 Å². The van der Waals surface area contributed by atoms with Gasteiger partial charge in [-0.2, -0.15) is 0 Å². The highest BCUT2D eigenvalue weighted by Crippen LogP contribution is 1.87. The molecule has 0 saturated carbocycles. The second kappa shape index (κ2) is 2.64. The molecule has 3 heteroatoms. The van der Waals surface area contributed by atoms with Crippen LogP contribution in [0.1, 0.15) is 0 Å². The van der Waals surface area contributed by atoms with Crippen LogP contribution in [-0.2, 0) is 0 Å². The molecule has 0 bridgehead atoms. The van der Waals surface area contributed by atoms with Gasteiger partial charge in [0.2, 0.25) is 0 Å². The molecule has 0 spiro atoms. The number of nitrogens with one attached hydrogen (secondary N) is 1. The Morgan fingerprint density at radius 3 is 2.78 bits per heavy atom. The molecule has 0 amide bonds. The quantitative estimate of drug-likeness (QED) is 0.594. The predicted molar refractivity (Wildman–Crippen MR) is 40.6 cm³/mol. The van der Waals surface area contributed by atoms with Gasteiger partial charge in [-0.3, -0.25) is 4.68 Å². The van der Waals surface area contributed by atoms with Crippen molar-refractivity contribution < 1.29 is 0 Å². The van der Waals surface area contributed by atoms with Crippen LogP contribution in [0.4, 0.5) is 0 Å². The monoisotopic (exact) mass is 140 g/mol. The van der Waals surface area contributed by atoms with Crippen molar-refractivity contribution in [1.82, 2.24) is 4.68 Å². The smallest absolute Gasteiger partial charge is 0.125 e. The summed E-state index contributed by atoms with van der Waals surface area (Å²) in [5.41, 5.74) is 2.91. The molecular weight excluding hydrogens is 132 g/mol. The molecule has 2 nitrogen and oxygen atoms in total. The van der Waals surface area contributed by atoms with Gasteiger partial charge in [-0.25, -0.2) is 0 Å². The summed E-state index contributed by atoms with van der Waals surface area (Å²) in [6, 6.07) is 5.70. The van der Waals surface area contributed by atoms with Gasteiger partial charge in [0.15, 0.2) is 0 Å². The summed E-state index contributed by atoms with van der Waals surface area (Å²) in [5.74, 6) is 0. The van der Waals surface area contributed by atoms with Crippen LogP contribution >= 0.6 is 12.2 Å². The standard InChI is InChI=1S/C6H8N2S/c1-7-8-5-3-2-4-6(8)9/h2-5,7H,1H3. The van der Waals surface area contributed by atoms with Crippen molar-refractivity contribution in [1.29, 1.82) is 0 Å². The summed E-state index contributed by atoms with van der Waals surface area (Å²) < 4.78 is 2.56. The van der Waals surface area contributed by atoms with Gasteiger partial charge in [0.25, 0.3) is 0 Å². The lowest BCUT2D eigenvalue weighted by Gasteiger charge is -2.01. The zero-order valence-corrected chi connectivity index (χ0v) is 5.98. The van der Waals surface area contributed by atoms with Gasteiger partial charge in [-0.05, 0) is 12.1 Å². The second-order valence-electron chi connectivity index (χ2n) is 1.63. The van der Waals surface area contributed by atoms with Crippen molar-refractivity contribution in [2.24, 2.45) is 0 Å². The fraction of sp³-hybridized carbons (Fsp3) is 0.167. The molecule has 9 heavy (non-hydrogen) atoms. The van der Waals surface area contributed by atoms with E-state index in [1.165, 1.54) is 0 Å². The molecule has 0 radical (unpaired) electrons. The third-order valence-corrected chi connectivity index (χ3v) is 1.40. The second-order valence-corrected chi connectivity index (χ2v) is 2.05. The summed E-state index contributed by atoms with van der Waals surface area (Å²) in [7, 11) is 1.83. The lowest BCUT2D eigenvalue weighted by molar-refractivity contribution is 0.899. The van der Waals surface area contributed by atoms with Crippen LogP contribution in [0.15, 0.2) is 24.4 Å². The molecule has 1 heterocycles. The summed E-state index contributed by atoms with van der Waals surface area (Å²) >= 11 is 4.95. The molecule has 0 saturated heterocycles. The first-order valence-electron chi connectivity index (χ1n) is 2.70. The van der Waals surface area contributed by atoms with E-state index in [-0.39, 0.29) is 0 Å². The molecule has 1 N–H and O–H groups in total.